The van der Waals surface area contributed by atoms with Crippen LogP contribution in [0, 0.1) is 10.8 Å². The van der Waals surface area contributed by atoms with E-state index < -0.39 is 5.41 Å². The summed E-state index contributed by atoms with van der Waals surface area (Å²) in [6, 6.07) is 1.90. The van der Waals surface area contributed by atoms with E-state index >= 15 is 0 Å². The van der Waals surface area contributed by atoms with E-state index in [-0.39, 0.29) is 17.0 Å². The molecule has 106 valence electrons. The molecule has 4 nitrogen and oxygen atoms in total. The Morgan fingerprint density at radius 3 is 2.35 bits per heavy atom. The first kappa shape index (κ1) is 13.3. The van der Waals surface area contributed by atoms with Gasteiger partial charge >= 0.3 is 0 Å². The Labute approximate surface area is 118 Å². The third-order valence-electron chi connectivity index (χ3n) is 4.77. The Kier molecular flexibility index (Phi) is 2.75. The number of Topliss-reactive ketones (excluding diaryl/α,β-unsaturated/α-hetero) is 2. The largest absolute Gasteiger partial charge is 0.298 e. The number of allylic oxidation sites excluding steroid dienone is 2. The highest BCUT2D eigenvalue weighted by Gasteiger charge is 2.55. The van der Waals surface area contributed by atoms with Crippen LogP contribution in [-0.4, -0.2) is 21.3 Å². The van der Waals surface area contributed by atoms with Crippen molar-refractivity contribution in [3.8, 4) is 0 Å². The quantitative estimate of drug-likeness (QED) is 0.738. The van der Waals surface area contributed by atoms with Gasteiger partial charge < -0.3 is 0 Å². The van der Waals surface area contributed by atoms with Gasteiger partial charge in [-0.3, -0.25) is 14.3 Å². The maximum absolute atomic E-state index is 12.5. The van der Waals surface area contributed by atoms with Crippen molar-refractivity contribution >= 4 is 17.1 Å². The minimum atomic E-state index is -0.899. The van der Waals surface area contributed by atoms with Gasteiger partial charge in [0.2, 0.25) is 0 Å². The molecular weight excluding hydrogens is 252 g/mol. The summed E-state index contributed by atoms with van der Waals surface area (Å²) in [6.45, 7) is 4.31. The maximum Gasteiger partial charge on any atom is 0.151 e. The molecule has 1 spiro atoms. The summed E-state index contributed by atoms with van der Waals surface area (Å²) in [5.74, 6) is 0.177. The fraction of sp³-hybridized carbons (Fsp3) is 0.562. The van der Waals surface area contributed by atoms with Gasteiger partial charge in [-0.25, -0.2) is 0 Å². The molecule has 1 aromatic heterocycles. The predicted octanol–water partition coefficient (Wildman–Crippen LogP) is 2.54. The zero-order valence-electron chi connectivity index (χ0n) is 12.3. The standard InChI is InChI=1S/C16H20N2O2/c1-15(2)7-8-16(13(19)4-5-14(16)20)11(10-15)12-6-9-17-18(12)3/h6,9-10H,4-5,7-8H2,1-3H3. The van der Waals surface area contributed by atoms with Gasteiger partial charge in [-0.15, -0.1) is 0 Å². The summed E-state index contributed by atoms with van der Waals surface area (Å²) < 4.78 is 1.76. The number of ketones is 2. The number of rotatable bonds is 1. The molecule has 0 N–H and O–H groups in total. The van der Waals surface area contributed by atoms with Crippen LogP contribution in [0.1, 0.15) is 45.2 Å². The molecule has 20 heavy (non-hydrogen) atoms. The second-order valence-electron chi connectivity index (χ2n) is 6.64. The molecule has 2 aliphatic rings. The van der Waals surface area contributed by atoms with Crippen molar-refractivity contribution < 1.29 is 9.59 Å². The van der Waals surface area contributed by atoms with E-state index in [1.54, 1.807) is 10.9 Å². The summed E-state index contributed by atoms with van der Waals surface area (Å²) >= 11 is 0. The van der Waals surface area contributed by atoms with Crippen molar-refractivity contribution in [2.75, 3.05) is 0 Å². The van der Waals surface area contributed by atoms with E-state index in [4.69, 9.17) is 0 Å². The van der Waals surface area contributed by atoms with Crippen molar-refractivity contribution in [2.45, 2.75) is 39.5 Å². The van der Waals surface area contributed by atoms with Crippen LogP contribution >= 0.6 is 0 Å². The van der Waals surface area contributed by atoms with Crippen LogP contribution in [0.15, 0.2) is 18.3 Å². The van der Waals surface area contributed by atoms with E-state index in [2.05, 4.69) is 25.0 Å². The average Bonchev–Trinajstić information content (AvgIpc) is 2.91. The molecule has 0 unspecified atom stereocenters. The molecule has 1 fully saturated rings. The number of nitrogens with zero attached hydrogens (tertiary/aromatic N) is 2. The third-order valence-corrected chi connectivity index (χ3v) is 4.77. The highest BCUT2D eigenvalue weighted by atomic mass is 16.2. The van der Waals surface area contributed by atoms with Crippen molar-refractivity contribution in [2.24, 2.45) is 17.9 Å². The molecular formula is C16H20N2O2. The summed E-state index contributed by atoms with van der Waals surface area (Å²) in [5.41, 5.74) is 0.875. The van der Waals surface area contributed by atoms with Crippen LogP contribution in [0.2, 0.25) is 0 Å². The van der Waals surface area contributed by atoms with E-state index in [1.165, 1.54) is 0 Å². The predicted molar refractivity (Wildman–Crippen MR) is 75.9 cm³/mol. The Morgan fingerprint density at radius 2 is 1.80 bits per heavy atom. The highest BCUT2D eigenvalue weighted by molar-refractivity contribution is 6.21. The minimum Gasteiger partial charge on any atom is -0.298 e. The third kappa shape index (κ3) is 1.70. The molecule has 1 saturated carbocycles. The van der Waals surface area contributed by atoms with Crippen LogP contribution in [0.3, 0.4) is 0 Å². The van der Waals surface area contributed by atoms with Gasteiger partial charge in [-0.1, -0.05) is 19.9 Å². The number of carbonyl (C=O) groups is 2. The Hall–Kier alpha value is -1.71. The molecule has 0 atom stereocenters. The Bertz CT molecular complexity index is 606. The van der Waals surface area contributed by atoms with Gasteiger partial charge in [0.25, 0.3) is 0 Å². The van der Waals surface area contributed by atoms with E-state index in [0.29, 0.717) is 19.3 Å². The van der Waals surface area contributed by atoms with Gasteiger partial charge in [0.05, 0.1) is 5.69 Å². The van der Waals surface area contributed by atoms with Gasteiger partial charge in [-0.2, -0.15) is 5.10 Å². The SMILES string of the molecule is Cn1nccc1C1=CC(C)(C)CCC12C(=O)CCC2=O. The minimum absolute atomic E-state index is 0.00794. The normalized spacial score (nSPS) is 24.2. The number of aryl methyl sites for hydroxylation is 1. The Morgan fingerprint density at radius 1 is 1.15 bits per heavy atom. The maximum atomic E-state index is 12.5. The average molecular weight is 272 g/mol. The number of hydrogen-bond acceptors (Lipinski definition) is 3. The summed E-state index contributed by atoms with van der Waals surface area (Å²) in [5, 5.41) is 4.20. The van der Waals surface area contributed by atoms with Crippen LogP contribution in [0.5, 0.6) is 0 Å². The van der Waals surface area contributed by atoms with E-state index in [9.17, 15) is 9.59 Å². The monoisotopic (exact) mass is 272 g/mol. The lowest BCUT2D eigenvalue weighted by Gasteiger charge is -2.38. The molecule has 0 aliphatic heterocycles. The highest BCUT2D eigenvalue weighted by Crippen LogP contribution is 2.53. The molecule has 0 aromatic carbocycles. The van der Waals surface area contributed by atoms with Crippen LogP contribution in [0.25, 0.3) is 5.57 Å². The van der Waals surface area contributed by atoms with Crippen LogP contribution in [-0.2, 0) is 16.6 Å². The van der Waals surface area contributed by atoms with Gasteiger partial charge in [0.1, 0.15) is 5.41 Å². The van der Waals surface area contributed by atoms with Gasteiger partial charge in [0, 0.05) is 26.1 Å². The smallest absolute Gasteiger partial charge is 0.151 e. The lowest BCUT2D eigenvalue weighted by molar-refractivity contribution is -0.132. The number of carbonyl (C=O) groups excluding carboxylic acids is 2. The molecule has 1 heterocycles. The van der Waals surface area contributed by atoms with E-state index in [0.717, 1.165) is 17.7 Å². The first-order chi connectivity index (χ1) is 9.37. The molecule has 1 aromatic rings. The zero-order valence-corrected chi connectivity index (χ0v) is 12.3. The first-order valence-electron chi connectivity index (χ1n) is 7.15. The fourth-order valence-electron chi connectivity index (χ4n) is 3.55. The van der Waals surface area contributed by atoms with Gasteiger partial charge in [0.15, 0.2) is 11.6 Å². The number of hydrogen-bond donors (Lipinski definition) is 0. The Balaban J connectivity index is 2.23. The second kappa shape index (κ2) is 4.14. The van der Waals surface area contributed by atoms with E-state index in [1.807, 2.05) is 13.1 Å². The molecule has 3 rings (SSSR count). The lowest BCUT2D eigenvalue weighted by atomic mass is 9.63. The van der Waals surface area contributed by atoms with Crippen molar-refractivity contribution in [3.63, 3.8) is 0 Å². The summed E-state index contributed by atoms with van der Waals surface area (Å²) in [7, 11) is 1.86. The summed E-state index contributed by atoms with van der Waals surface area (Å²) in [4.78, 5) is 25.0. The molecule has 0 saturated heterocycles. The summed E-state index contributed by atoms with van der Waals surface area (Å²) in [6.07, 6.45) is 6.10. The zero-order chi connectivity index (χ0) is 14.5. The van der Waals surface area contributed by atoms with Crippen molar-refractivity contribution in [1.82, 2.24) is 9.78 Å². The molecule has 0 radical (unpaired) electrons. The molecule has 0 bridgehead atoms. The second-order valence-corrected chi connectivity index (χ2v) is 6.64. The van der Waals surface area contributed by atoms with Crippen molar-refractivity contribution in [1.29, 1.82) is 0 Å². The molecule has 2 aliphatic carbocycles. The van der Waals surface area contributed by atoms with Gasteiger partial charge in [-0.05, 0) is 29.9 Å². The number of aromatic nitrogens is 2. The fourth-order valence-corrected chi connectivity index (χ4v) is 3.55. The van der Waals surface area contributed by atoms with Crippen LogP contribution in [0.4, 0.5) is 0 Å². The van der Waals surface area contributed by atoms with Crippen LogP contribution < -0.4 is 0 Å². The molecule has 4 heteroatoms. The first-order valence-corrected chi connectivity index (χ1v) is 7.15. The van der Waals surface area contributed by atoms with Crippen molar-refractivity contribution in [3.05, 3.63) is 24.0 Å². The molecule has 0 amide bonds. The topological polar surface area (TPSA) is 52.0 Å². The lowest BCUT2D eigenvalue weighted by Crippen LogP contribution is -2.39.